The number of nitrogens with one attached hydrogen (secondary N) is 1. The van der Waals surface area contributed by atoms with Gasteiger partial charge in [0.15, 0.2) is 0 Å². The summed E-state index contributed by atoms with van der Waals surface area (Å²) in [4.78, 5) is 88.2. The predicted molar refractivity (Wildman–Crippen MR) is 417 cm³/mol. The lowest BCUT2D eigenvalue weighted by molar-refractivity contribution is -0.385. The van der Waals surface area contributed by atoms with E-state index in [1.807, 2.05) is 91.0 Å². The van der Waals surface area contributed by atoms with Gasteiger partial charge < -0.3 is 45.2 Å². The second-order valence-electron chi connectivity index (χ2n) is 25.3. The van der Waals surface area contributed by atoms with Crippen LogP contribution in [0.4, 0.5) is 22.7 Å². The SMILES string of the molecule is CC(C)(C)c1ccc(CCC(=O)O)cc1.COC(=O)c1cccc(-c2ccc(N)cc2)c1.COC(=O)c1cccc(-c2ccc(NC(=O)CCc3ccc(C(C)(C)C)cc3)cc2)c1.COC(=O)c1cccc(-c2ccc([N+](=O)[O-])cc2)c1.COC(=O)c1cccc(B(O)O)c1.O=[N+]([O-])c1ccc(I)cc1. The van der Waals surface area contributed by atoms with Crippen LogP contribution in [0.5, 0.6) is 0 Å². The molecule has 0 unspecified atom stereocenters. The zero-order valence-electron chi connectivity index (χ0n) is 59.9. The topological polar surface area (TPSA) is 324 Å². The standard InChI is InChI=1S/C27H29NO3.C14H11NO4.C14H13NO2.C13H18O2.C8H9BO4.C6H4INO2/c1-27(2,3)23-13-8-19(9-14-23)10-17-25(29)28-24-15-11-20(12-16-24)21-6-5-7-22(18-21)26(30)31-4;1-19-14(16)12-4-2-3-11(9-12)10-5-7-13(8-6-10)15(17)18;1-17-14(16)12-4-2-3-11(9-12)10-5-7-13(15)8-6-10;1-13(2,3)11-7-4-10(5-8-11)6-9-12(14)15;1-13-8(10)6-3-2-4-7(5-6)9(11)12;7-5-1-3-6(4-2-5)8(9)10/h5-9,11-16,18H,10,17H2,1-4H3,(H,28,29);2-9H,1H3;2-9H,15H2,1H3;4-5,7-8H,6,9H2,1-3H3,(H,14,15);2-5,11-12H,1H3;1-4H. The Labute approximate surface area is 624 Å². The van der Waals surface area contributed by atoms with Gasteiger partial charge in [0.05, 0.1) is 60.5 Å². The smallest absolute Gasteiger partial charge is 0.481 e. The van der Waals surface area contributed by atoms with Gasteiger partial charge in [-0.25, -0.2) is 19.2 Å². The number of nitrogens with two attached hydrogens (primary N) is 1. The number of rotatable bonds is 17. The molecule has 10 aromatic rings. The molecule has 0 spiro atoms. The Balaban J connectivity index is 0.000000235. The van der Waals surface area contributed by atoms with E-state index in [0.29, 0.717) is 41.5 Å². The fraction of sp³-hybridized carbons (Fsp3) is 0.195. The summed E-state index contributed by atoms with van der Waals surface area (Å²) in [7, 11) is 3.77. The van der Waals surface area contributed by atoms with E-state index in [1.54, 1.807) is 72.8 Å². The van der Waals surface area contributed by atoms with Gasteiger partial charge in [-0.1, -0.05) is 163 Å². The van der Waals surface area contributed by atoms with Crippen LogP contribution in [-0.2, 0) is 52.2 Å². The highest BCUT2D eigenvalue weighted by atomic mass is 127. The van der Waals surface area contributed by atoms with E-state index in [-0.39, 0.29) is 51.9 Å². The number of hydrogen-bond donors (Lipinski definition) is 5. The molecule has 0 radical (unpaired) electrons. The number of hydrogen-bond acceptors (Lipinski definition) is 17. The largest absolute Gasteiger partial charge is 0.488 e. The molecule has 0 saturated heterocycles. The zero-order chi connectivity index (χ0) is 77.4. The minimum Gasteiger partial charge on any atom is -0.481 e. The first-order valence-electron chi connectivity index (χ1n) is 32.7. The number of carboxylic acid groups (broad SMARTS) is 1. The predicted octanol–water partition coefficient (Wildman–Crippen LogP) is 16.1. The first-order valence-corrected chi connectivity index (χ1v) is 33.8. The van der Waals surface area contributed by atoms with E-state index >= 15 is 0 Å². The molecule has 6 N–H and O–H groups in total. The lowest BCUT2D eigenvalue weighted by Crippen LogP contribution is -2.30. The van der Waals surface area contributed by atoms with E-state index in [1.165, 1.54) is 82.0 Å². The quantitative estimate of drug-likeness (QED) is 0.0108. The number of halogens is 1. The molecule has 0 saturated carbocycles. The van der Waals surface area contributed by atoms with Crippen LogP contribution in [0.15, 0.2) is 243 Å². The van der Waals surface area contributed by atoms with Crippen molar-refractivity contribution >= 4 is 93.7 Å². The minimum absolute atomic E-state index is 0.0136. The summed E-state index contributed by atoms with van der Waals surface area (Å²) in [6.45, 7) is 13.1. The number of carbonyl (C=O) groups is 6. The maximum Gasteiger partial charge on any atom is 0.488 e. The van der Waals surface area contributed by atoms with Gasteiger partial charge in [-0.15, -0.1) is 0 Å². The van der Waals surface area contributed by atoms with Crippen molar-refractivity contribution in [2.24, 2.45) is 0 Å². The third kappa shape index (κ3) is 28.6. The lowest BCUT2D eigenvalue weighted by Gasteiger charge is -2.19. The van der Waals surface area contributed by atoms with E-state index in [0.717, 1.165) is 59.5 Å². The molecule has 21 nitrogen and oxygen atoms in total. The van der Waals surface area contributed by atoms with Gasteiger partial charge in [0, 0.05) is 52.1 Å². The van der Waals surface area contributed by atoms with E-state index in [2.05, 4.69) is 120 Å². The number of carbonyl (C=O) groups excluding carboxylic acids is 5. The number of aliphatic carboxylic acids is 1. The van der Waals surface area contributed by atoms with Crippen LogP contribution in [0, 0.1) is 23.8 Å². The van der Waals surface area contributed by atoms with Crippen LogP contribution in [0.3, 0.4) is 0 Å². The number of amides is 1. The summed E-state index contributed by atoms with van der Waals surface area (Å²) in [5, 5.41) is 49.8. The fourth-order valence-electron chi connectivity index (χ4n) is 9.61. The van der Waals surface area contributed by atoms with Crippen LogP contribution in [0.1, 0.15) is 118 Å². The van der Waals surface area contributed by atoms with Crippen LogP contribution < -0.4 is 16.5 Å². The average Bonchev–Trinajstić information content (AvgIpc) is 0.856. The number of nitrogens with zero attached hydrogens (tertiary/aromatic N) is 2. The van der Waals surface area contributed by atoms with Crippen LogP contribution >= 0.6 is 22.6 Å². The Bertz CT molecular complexity index is 4520. The number of anilines is 2. The molecular weight excluding hydrogens is 1450 g/mol. The van der Waals surface area contributed by atoms with Gasteiger partial charge >= 0.3 is 37.0 Å². The van der Waals surface area contributed by atoms with Crippen LogP contribution in [0.25, 0.3) is 33.4 Å². The second-order valence-corrected chi connectivity index (χ2v) is 26.5. The minimum atomic E-state index is -1.57. The summed E-state index contributed by atoms with van der Waals surface area (Å²) >= 11 is 2.10. The molecule has 0 aliphatic rings. The highest BCUT2D eigenvalue weighted by molar-refractivity contribution is 14.1. The molecule has 0 atom stereocenters. The van der Waals surface area contributed by atoms with Crippen molar-refractivity contribution in [3.8, 4) is 33.4 Å². The second kappa shape index (κ2) is 41.4. The summed E-state index contributed by atoms with van der Waals surface area (Å²) < 4.78 is 19.6. The number of non-ortho nitro benzene ring substituents is 2. The Kier molecular flexibility index (Phi) is 33.1. The van der Waals surface area contributed by atoms with Crippen LogP contribution in [0.2, 0.25) is 0 Å². The molecule has 0 aliphatic carbocycles. The van der Waals surface area contributed by atoms with Crippen molar-refractivity contribution in [2.75, 3.05) is 39.5 Å². The number of esters is 4. The lowest BCUT2D eigenvalue weighted by atomic mass is 9.80. The maximum absolute atomic E-state index is 12.4. The van der Waals surface area contributed by atoms with Crippen molar-refractivity contribution in [1.82, 2.24) is 0 Å². The van der Waals surface area contributed by atoms with Crippen molar-refractivity contribution in [1.29, 1.82) is 0 Å². The van der Waals surface area contributed by atoms with Gasteiger partial charge in [0.25, 0.3) is 11.4 Å². The van der Waals surface area contributed by atoms with Gasteiger partial charge in [0.1, 0.15) is 0 Å². The van der Waals surface area contributed by atoms with E-state index in [4.69, 9.17) is 25.6 Å². The molecule has 0 aromatic heterocycles. The summed E-state index contributed by atoms with van der Waals surface area (Å²) in [6.07, 6.45) is 1.95. The molecule has 0 fully saturated rings. The monoisotopic (exact) mass is 1530 g/mol. The molecule has 1 amide bonds. The number of nitrogen functional groups attached to an aromatic ring is 1. The van der Waals surface area contributed by atoms with Crippen molar-refractivity contribution in [3.63, 3.8) is 0 Å². The molecule has 10 aromatic carbocycles. The third-order valence-corrected chi connectivity index (χ3v) is 16.3. The molecule has 0 heterocycles. The highest BCUT2D eigenvalue weighted by Gasteiger charge is 2.17. The Morgan fingerprint density at radius 2 is 0.762 bits per heavy atom. The molecule has 10 rings (SSSR count). The van der Waals surface area contributed by atoms with Crippen molar-refractivity contribution in [3.05, 3.63) is 311 Å². The average molecular weight is 1540 g/mol. The molecule has 23 heteroatoms. The zero-order valence-corrected chi connectivity index (χ0v) is 62.1. The molecule has 544 valence electrons. The van der Waals surface area contributed by atoms with E-state index in [9.17, 15) is 49.0 Å². The van der Waals surface area contributed by atoms with Gasteiger partial charge in [-0.2, -0.15) is 0 Å². The number of carboxylic acids is 1. The van der Waals surface area contributed by atoms with Crippen LogP contribution in [-0.4, -0.2) is 96.3 Å². The highest BCUT2D eigenvalue weighted by Crippen LogP contribution is 2.28. The number of nitro benzene ring substituents is 2. The molecular formula is C82H84BIN4O17. The number of aryl methyl sites for hydroxylation is 2. The number of nitro groups is 2. The summed E-state index contributed by atoms with van der Waals surface area (Å²) in [5.41, 5.74) is 19.9. The van der Waals surface area contributed by atoms with Gasteiger partial charge in [0.2, 0.25) is 5.91 Å². The Hall–Kier alpha value is -11.7. The fourth-order valence-corrected chi connectivity index (χ4v) is 9.97. The number of benzene rings is 10. The first kappa shape index (κ1) is 84.0. The third-order valence-electron chi connectivity index (χ3n) is 15.6. The Morgan fingerprint density at radius 1 is 0.438 bits per heavy atom. The van der Waals surface area contributed by atoms with Crippen molar-refractivity contribution in [2.45, 2.75) is 78.1 Å². The molecule has 0 bridgehead atoms. The summed E-state index contributed by atoms with van der Waals surface area (Å²) in [5.74, 6) is -2.36. The maximum atomic E-state index is 12.4. The first-order chi connectivity index (χ1) is 49.8. The molecule has 0 aliphatic heterocycles. The summed E-state index contributed by atoms with van der Waals surface area (Å²) in [6, 6.07) is 71.8. The number of ether oxygens (including phenoxy) is 4. The van der Waals surface area contributed by atoms with Gasteiger partial charge in [-0.05, 0) is 204 Å². The Morgan fingerprint density at radius 3 is 1.10 bits per heavy atom. The van der Waals surface area contributed by atoms with Gasteiger partial charge in [-0.3, -0.25) is 29.8 Å². The molecule has 105 heavy (non-hydrogen) atoms. The normalized spacial score (nSPS) is 10.4. The number of methoxy groups -OCH3 is 4. The van der Waals surface area contributed by atoms with E-state index < -0.39 is 34.9 Å². The van der Waals surface area contributed by atoms with Crippen molar-refractivity contribution < 1.29 is 72.7 Å².